The number of ketones is 1. The Bertz CT molecular complexity index is 706. The molecule has 0 saturated heterocycles. The summed E-state index contributed by atoms with van der Waals surface area (Å²) in [6, 6.07) is 10.2. The van der Waals surface area contributed by atoms with E-state index in [1.807, 2.05) is 24.3 Å². The van der Waals surface area contributed by atoms with Gasteiger partial charge < -0.3 is 19.3 Å². The largest absolute Gasteiger partial charge is 0.508 e. The van der Waals surface area contributed by atoms with Gasteiger partial charge in [-0.2, -0.15) is 0 Å². The van der Waals surface area contributed by atoms with Gasteiger partial charge >= 0.3 is 0 Å². The lowest BCUT2D eigenvalue weighted by Crippen LogP contribution is -2.21. The first-order valence-corrected chi connectivity index (χ1v) is 6.87. The van der Waals surface area contributed by atoms with Gasteiger partial charge in [0.1, 0.15) is 34.7 Å². The van der Waals surface area contributed by atoms with Crippen molar-refractivity contribution in [1.29, 1.82) is 0 Å². The first-order chi connectivity index (χ1) is 10.6. The van der Waals surface area contributed by atoms with E-state index in [2.05, 4.69) is 0 Å². The summed E-state index contributed by atoms with van der Waals surface area (Å²) in [6.07, 6.45) is -0.169. The van der Waals surface area contributed by atoms with Gasteiger partial charge in [-0.1, -0.05) is 12.1 Å². The summed E-state index contributed by atoms with van der Waals surface area (Å²) in [5.41, 5.74) is 1.26. The Balaban J connectivity index is 1.96. The molecule has 1 N–H and O–H groups in total. The van der Waals surface area contributed by atoms with Crippen molar-refractivity contribution in [3.8, 4) is 23.0 Å². The van der Waals surface area contributed by atoms with Gasteiger partial charge in [0, 0.05) is 12.1 Å². The van der Waals surface area contributed by atoms with Crippen molar-refractivity contribution in [1.82, 2.24) is 0 Å². The fourth-order valence-electron chi connectivity index (χ4n) is 2.57. The molecule has 0 amide bonds. The van der Waals surface area contributed by atoms with Crippen LogP contribution in [0.15, 0.2) is 36.4 Å². The zero-order valence-electron chi connectivity index (χ0n) is 12.3. The summed E-state index contributed by atoms with van der Waals surface area (Å²) in [4.78, 5) is 12.4. The molecule has 3 rings (SSSR count). The first kappa shape index (κ1) is 14.3. The minimum absolute atomic E-state index is 0.00113. The van der Waals surface area contributed by atoms with Crippen LogP contribution in [-0.2, 0) is 0 Å². The van der Waals surface area contributed by atoms with Crippen LogP contribution in [0.4, 0.5) is 0 Å². The zero-order chi connectivity index (χ0) is 15.7. The maximum atomic E-state index is 12.4. The predicted molar refractivity (Wildman–Crippen MR) is 80.0 cm³/mol. The molecule has 0 aromatic heterocycles. The maximum absolute atomic E-state index is 12.4. The smallest absolute Gasteiger partial charge is 0.174 e. The second-order valence-electron chi connectivity index (χ2n) is 5.03. The van der Waals surface area contributed by atoms with Gasteiger partial charge in [0.2, 0.25) is 0 Å². The van der Waals surface area contributed by atoms with Crippen LogP contribution in [0.2, 0.25) is 0 Å². The molecule has 1 atom stereocenters. The average Bonchev–Trinajstić information content (AvgIpc) is 2.53. The van der Waals surface area contributed by atoms with Gasteiger partial charge in [0.25, 0.3) is 0 Å². The zero-order valence-corrected chi connectivity index (χ0v) is 12.3. The third-order valence-corrected chi connectivity index (χ3v) is 3.68. The van der Waals surface area contributed by atoms with E-state index in [-0.39, 0.29) is 18.0 Å². The number of carbonyl (C=O) groups excluding carboxylic acids is 1. The molecule has 1 aliphatic rings. The van der Waals surface area contributed by atoms with Gasteiger partial charge in [-0.25, -0.2) is 0 Å². The van der Waals surface area contributed by atoms with Gasteiger partial charge in [-0.05, 0) is 17.7 Å². The Morgan fingerprint density at radius 3 is 2.50 bits per heavy atom. The van der Waals surface area contributed by atoms with Gasteiger partial charge in [0.15, 0.2) is 5.78 Å². The van der Waals surface area contributed by atoms with E-state index in [1.165, 1.54) is 19.2 Å². The van der Waals surface area contributed by atoms with E-state index in [4.69, 9.17) is 14.2 Å². The summed E-state index contributed by atoms with van der Waals surface area (Å²) in [6.45, 7) is 0. The monoisotopic (exact) mass is 300 g/mol. The van der Waals surface area contributed by atoms with Crippen LogP contribution in [0.1, 0.15) is 28.4 Å². The number of aromatic hydroxyl groups is 1. The molecule has 0 fully saturated rings. The van der Waals surface area contributed by atoms with E-state index < -0.39 is 6.10 Å². The number of phenolic OH excluding ortho intramolecular Hbond substituents is 1. The fraction of sp³-hybridized carbons (Fsp3) is 0.235. The molecular formula is C17H16O5. The molecule has 114 valence electrons. The molecule has 1 aliphatic heterocycles. The number of rotatable bonds is 3. The molecule has 22 heavy (non-hydrogen) atoms. The first-order valence-electron chi connectivity index (χ1n) is 6.87. The highest BCUT2D eigenvalue weighted by Gasteiger charge is 2.31. The third-order valence-electron chi connectivity index (χ3n) is 3.68. The topological polar surface area (TPSA) is 65.0 Å². The van der Waals surface area contributed by atoms with Gasteiger partial charge in [-0.15, -0.1) is 0 Å². The van der Waals surface area contributed by atoms with Crippen molar-refractivity contribution in [2.45, 2.75) is 12.5 Å². The molecule has 5 heteroatoms. The normalized spacial score (nSPS) is 16.6. The highest BCUT2D eigenvalue weighted by Crippen LogP contribution is 2.42. The summed E-state index contributed by atoms with van der Waals surface area (Å²) in [5.74, 6) is 1.34. The SMILES string of the molecule is COc1ccc([C@@H]2CC(=O)c3c(OC)cc(O)cc3O2)cc1. The molecule has 0 saturated carbocycles. The van der Waals surface area contributed by atoms with E-state index >= 15 is 0 Å². The van der Waals surface area contributed by atoms with Crippen LogP contribution in [0.5, 0.6) is 23.0 Å². The van der Waals surface area contributed by atoms with Crippen molar-refractivity contribution >= 4 is 5.78 Å². The summed E-state index contributed by atoms with van der Waals surface area (Å²) in [5, 5.41) is 9.72. The number of hydrogen-bond acceptors (Lipinski definition) is 5. The number of phenols is 1. The molecule has 0 aliphatic carbocycles. The summed E-state index contributed by atoms with van der Waals surface area (Å²) >= 11 is 0. The number of Topliss-reactive ketones (excluding diaryl/α,β-unsaturated/α-hetero) is 1. The van der Waals surface area contributed by atoms with Crippen molar-refractivity contribution in [2.75, 3.05) is 14.2 Å². The molecule has 2 aromatic carbocycles. The van der Waals surface area contributed by atoms with Gasteiger partial charge in [-0.3, -0.25) is 4.79 Å². The Morgan fingerprint density at radius 1 is 1.14 bits per heavy atom. The molecule has 0 bridgehead atoms. The van der Waals surface area contributed by atoms with Crippen molar-refractivity contribution in [2.24, 2.45) is 0 Å². The molecule has 5 nitrogen and oxygen atoms in total. The second-order valence-corrected chi connectivity index (χ2v) is 5.03. The Kier molecular flexibility index (Phi) is 3.63. The Hall–Kier alpha value is -2.69. The van der Waals surface area contributed by atoms with Crippen LogP contribution in [-0.4, -0.2) is 25.1 Å². The van der Waals surface area contributed by atoms with Crippen LogP contribution in [0.25, 0.3) is 0 Å². The maximum Gasteiger partial charge on any atom is 0.174 e. The van der Waals surface area contributed by atoms with Gasteiger partial charge in [0.05, 0.1) is 20.6 Å². The van der Waals surface area contributed by atoms with Crippen LogP contribution >= 0.6 is 0 Å². The molecule has 1 heterocycles. The number of benzene rings is 2. The lowest BCUT2D eigenvalue weighted by Gasteiger charge is -2.26. The highest BCUT2D eigenvalue weighted by atomic mass is 16.5. The average molecular weight is 300 g/mol. The number of methoxy groups -OCH3 is 2. The lowest BCUT2D eigenvalue weighted by molar-refractivity contribution is 0.0844. The minimum Gasteiger partial charge on any atom is -0.508 e. The standard InChI is InChI=1S/C17H16O5/c1-20-12-5-3-10(4-6-12)14-9-13(19)17-15(21-2)7-11(18)8-16(17)22-14/h3-8,14,18H,9H2,1-2H3/t14-/m0/s1. The highest BCUT2D eigenvalue weighted by molar-refractivity contribution is 6.02. The van der Waals surface area contributed by atoms with Crippen LogP contribution in [0.3, 0.4) is 0 Å². The fourth-order valence-corrected chi connectivity index (χ4v) is 2.57. The molecule has 0 unspecified atom stereocenters. The summed E-state index contributed by atoms with van der Waals surface area (Å²) < 4.78 is 16.2. The molecule has 2 aromatic rings. The van der Waals surface area contributed by atoms with E-state index in [1.54, 1.807) is 7.11 Å². The van der Waals surface area contributed by atoms with Crippen molar-refractivity contribution in [3.05, 3.63) is 47.5 Å². The number of hydrogen-bond donors (Lipinski definition) is 1. The predicted octanol–water partition coefficient (Wildman–Crippen LogP) is 3.12. The third kappa shape index (κ3) is 2.45. The Morgan fingerprint density at radius 2 is 1.86 bits per heavy atom. The van der Waals surface area contributed by atoms with E-state index in [0.29, 0.717) is 17.1 Å². The van der Waals surface area contributed by atoms with E-state index in [9.17, 15) is 9.90 Å². The number of fused-ring (bicyclic) bond motifs is 1. The van der Waals surface area contributed by atoms with E-state index in [0.717, 1.165) is 11.3 Å². The van der Waals surface area contributed by atoms with Crippen LogP contribution < -0.4 is 14.2 Å². The number of carbonyl (C=O) groups is 1. The molecular weight excluding hydrogens is 284 g/mol. The Labute approximate surface area is 128 Å². The summed E-state index contributed by atoms with van der Waals surface area (Å²) in [7, 11) is 3.05. The van der Waals surface area contributed by atoms with Crippen LogP contribution in [0, 0.1) is 0 Å². The molecule has 0 radical (unpaired) electrons. The lowest BCUT2D eigenvalue weighted by atomic mass is 9.95. The quantitative estimate of drug-likeness (QED) is 0.943. The second kappa shape index (κ2) is 5.60. The minimum atomic E-state index is -0.391. The van der Waals surface area contributed by atoms with Crippen molar-refractivity contribution < 1.29 is 24.1 Å². The number of ether oxygens (including phenoxy) is 3. The van der Waals surface area contributed by atoms with Crippen molar-refractivity contribution in [3.63, 3.8) is 0 Å². The molecule has 0 spiro atoms.